The lowest BCUT2D eigenvalue weighted by Crippen LogP contribution is -2.43. The van der Waals surface area contributed by atoms with Crippen molar-refractivity contribution in [2.24, 2.45) is 5.73 Å². The number of hydrogen-bond acceptors (Lipinski definition) is 4. The number of nitrogens with zero attached hydrogens (tertiary/aromatic N) is 1. The molecule has 0 bridgehead atoms. The molecule has 7 heteroatoms. The summed E-state index contributed by atoms with van der Waals surface area (Å²) in [4.78, 5) is 26.2. The van der Waals surface area contributed by atoms with E-state index in [-0.39, 0.29) is 30.3 Å². The van der Waals surface area contributed by atoms with Crippen LogP contribution >= 0.6 is 12.4 Å². The van der Waals surface area contributed by atoms with E-state index in [0.29, 0.717) is 37.6 Å². The van der Waals surface area contributed by atoms with Crippen LogP contribution in [0.4, 0.5) is 5.69 Å². The molecule has 0 spiro atoms. The molecule has 1 aromatic carbocycles. The first-order chi connectivity index (χ1) is 11.2. The van der Waals surface area contributed by atoms with Gasteiger partial charge in [0.15, 0.2) is 0 Å². The first-order valence-electron chi connectivity index (χ1n) is 8.19. The maximum absolute atomic E-state index is 12.4. The van der Waals surface area contributed by atoms with Crippen LogP contribution in [0.5, 0.6) is 5.75 Å². The third-order valence-electron chi connectivity index (χ3n) is 3.85. The van der Waals surface area contributed by atoms with Crippen LogP contribution in [0.1, 0.15) is 32.6 Å². The Morgan fingerprint density at radius 3 is 2.67 bits per heavy atom. The van der Waals surface area contributed by atoms with Crippen molar-refractivity contribution in [1.29, 1.82) is 0 Å². The molecule has 134 valence electrons. The summed E-state index contributed by atoms with van der Waals surface area (Å²) < 4.78 is 5.40. The summed E-state index contributed by atoms with van der Waals surface area (Å²) in [6, 6.07) is 6.80. The van der Waals surface area contributed by atoms with Crippen molar-refractivity contribution in [3.05, 3.63) is 24.3 Å². The van der Waals surface area contributed by atoms with Gasteiger partial charge < -0.3 is 20.7 Å². The molecular formula is C17H26ClN3O3. The Bertz CT molecular complexity index is 536. The summed E-state index contributed by atoms with van der Waals surface area (Å²) in [5, 5.41) is 2.88. The Balaban J connectivity index is 0.00000288. The molecule has 1 unspecified atom stereocenters. The van der Waals surface area contributed by atoms with Gasteiger partial charge in [0.25, 0.3) is 0 Å². The zero-order valence-corrected chi connectivity index (χ0v) is 14.8. The summed E-state index contributed by atoms with van der Waals surface area (Å²) >= 11 is 0. The number of carbonyl (C=O) groups excluding carboxylic acids is 2. The maximum Gasteiger partial charge on any atom is 0.247 e. The number of nitrogens with two attached hydrogens (primary N) is 1. The second-order valence-electron chi connectivity index (χ2n) is 5.65. The molecule has 1 saturated heterocycles. The van der Waals surface area contributed by atoms with Crippen LogP contribution in [0.2, 0.25) is 0 Å². The minimum atomic E-state index is -0.359. The second kappa shape index (κ2) is 10.2. The van der Waals surface area contributed by atoms with Crippen LogP contribution in [0, 0.1) is 0 Å². The van der Waals surface area contributed by atoms with E-state index in [2.05, 4.69) is 5.32 Å². The number of nitrogens with one attached hydrogen (secondary N) is 1. The summed E-state index contributed by atoms with van der Waals surface area (Å²) in [6.45, 7) is 3.56. The number of anilines is 1. The molecule has 1 atom stereocenters. The van der Waals surface area contributed by atoms with Gasteiger partial charge in [-0.05, 0) is 43.5 Å². The van der Waals surface area contributed by atoms with E-state index >= 15 is 0 Å². The fourth-order valence-electron chi connectivity index (χ4n) is 2.73. The molecule has 0 aliphatic carbocycles. The normalized spacial score (nSPS) is 16.4. The Kier molecular flexibility index (Phi) is 8.57. The third-order valence-corrected chi connectivity index (χ3v) is 3.85. The zero-order valence-electron chi connectivity index (χ0n) is 14.0. The first kappa shape index (κ1) is 20.3. The van der Waals surface area contributed by atoms with Crippen molar-refractivity contribution in [3.8, 4) is 5.75 Å². The third kappa shape index (κ3) is 5.39. The van der Waals surface area contributed by atoms with Crippen LogP contribution in [0.15, 0.2) is 24.3 Å². The quantitative estimate of drug-likeness (QED) is 0.785. The summed E-state index contributed by atoms with van der Waals surface area (Å²) in [5.74, 6) is 0.660. The molecule has 1 aromatic rings. The molecule has 1 fully saturated rings. The summed E-state index contributed by atoms with van der Waals surface area (Å²) in [7, 11) is 0. The largest absolute Gasteiger partial charge is 0.492 e. The Morgan fingerprint density at radius 1 is 1.33 bits per heavy atom. The standard InChI is InChI=1S/C17H25N3O3.ClH/c1-2-4-16(21)20-11-3-5-15(20)17(22)19-13-6-8-14(9-7-13)23-12-10-18;/h6-9,15H,2-5,10-12,18H2,1H3,(H,19,22);1H. The van der Waals surface area contributed by atoms with E-state index in [1.54, 1.807) is 29.2 Å². The number of benzene rings is 1. The lowest BCUT2D eigenvalue weighted by Gasteiger charge is -2.24. The van der Waals surface area contributed by atoms with Gasteiger partial charge in [-0.1, -0.05) is 6.92 Å². The fourth-order valence-corrected chi connectivity index (χ4v) is 2.73. The van der Waals surface area contributed by atoms with Crippen LogP contribution in [-0.2, 0) is 9.59 Å². The second-order valence-corrected chi connectivity index (χ2v) is 5.65. The number of halogens is 1. The lowest BCUT2D eigenvalue weighted by atomic mass is 10.2. The van der Waals surface area contributed by atoms with E-state index < -0.39 is 0 Å². The molecule has 1 aliphatic rings. The number of rotatable bonds is 7. The predicted octanol–water partition coefficient (Wildman–Crippen LogP) is 2.18. The average molecular weight is 356 g/mol. The van der Waals surface area contributed by atoms with Crippen molar-refractivity contribution in [1.82, 2.24) is 4.90 Å². The zero-order chi connectivity index (χ0) is 16.7. The minimum absolute atomic E-state index is 0. The lowest BCUT2D eigenvalue weighted by molar-refractivity contribution is -0.136. The van der Waals surface area contributed by atoms with E-state index in [0.717, 1.165) is 19.3 Å². The Hall–Kier alpha value is -1.79. The van der Waals surface area contributed by atoms with Crippen LogP contribution in [0.3, 0.4) is 0 Å². The van der Waals surface area contributed by atoms with Crippen molar-refractivity contribution in [2.75, 3.05) is 25.0 Å². The molecule has 0 radical (unpaired) electrons. The van der Waals surface area contributed by atoms with Crippen molar-refractivity contribution >= 4 is 29.9 Å². The van der Waals surface area contributed by atoms with Gasteiger partial charge >= 0.3 is 0 Å². The molecule has 0 saturated carbocycles. The van der Waals surface area contributed by atoms with Crippen molar-refractivity contribution in [3.63, 3.8) is 0 Å². The highest BCUT2D eigenvalue weighted by Crippen LogP contribution is 2.21. The minimum Gasteiger partial charge on any atom is -0.492 e. The van der Waals surface area contributed by atoms with Crippen molar-refractivity contribution < 1.29 is 14.3 Å². The predicted molar refractivity (Wildman–Crippen MR) is 96.5 cm³/mol. The highest BCUT2D eigenvalue weighted by Gasteiger charge is 2.33. The van der Waals surface area contributed by atoms with Gasteiger partial charge in [-0.2, -0.15) is 0 Å². The molecule has 3 N–H and O–H groups in total. The molecule has 2 rings (SSSR count). The van der Waals surface area contributed by atoms with Crippen LogP contribution < -0.4 is 15.8 Å². The smallest absolute Gasteiger partial charge is 0.247 e. The Morgan fingerprint density at radius 2 is 2.04 bits per heavy atom. The number of likely N-dealkylation sites (tertiary alicyclic amines) is 1. The number of amides is 2. The van der Waals surface area contributed by atoms with Gasteiger partial charge in [-0.25, -0.2) is 0 Å². The van der Waals surface area contributed by atoms with Crippen molar-refractivity contribution in [2.45, 2.75) is 38.6 Å². The van der Waals surface area contributed by atoms with Crippen LogP contribution in [0.25, 0.3) is 0 Å². The SMILES string of the molecule is CCCC(=O)N1CCCC1C(=O)Nc1ccc(OCCN)cc1.Cl. The van der Waals surface area contributed by atoms with Gasteiger partial charge in [0, 0.05) is 25.2 Å². The topological polar surface area (TPSA) is 84.7 Å². The molecule has 1 heterocycles. The molecule has 24 heavy (non-hydrogen) atoms. The van der Waals surface area contributed by atoms with Crippen LogP contribution in [-0.4, -0.2) is 42.5 Å². The maximum atomic E-state index is 12.4. The Labute approximate surface area is 149 Å². The number of hydrogen-bond donors (Lipinski definition) is 2. The number of carbonyl (C=O) groups is 2. The average Bonchev–Trinajstić information content (AvgIpc) is 3.04. The van der Waals surface area contributed by atoms with Gasteiger partial charge in [0.05, 0.1) is 0 Å². The molecule has 6 nitrogen and oxygen atoms in total. The number of ether oxygens (including phenoxy) is 1. The molecular weight excluding hydrogens is 330 g/mol. The monoisotopic (exact) mass is 355 g/mol. The highest BCUT2D eigenvalue weighted by molar-refractivity contribution is 5.97. The van der Waals surface area contributed by atoms with E-state index in [1.165, 1.54) is 0 Å². The van der Waals surface area contributed by atoms with E-state index in [9.17, 15) is 9.59 Å². The van der Waals surface area contributed by atoms with Gasteiger partial charge in [-0.3, -0.25) is 9.59 Å². The summed E-state index contributed by atoms with van der Waals surface area (Å²) in [6.07, 6.45) is 2.89. The molecule has 1 aliphatic heterocycles. The van der Waals surface area contributed by atoms with Gasteiger partial charge in [0.2, 0.25) is 11.8 Å². The fraction of sp³-hybridized carbons (Fsp3) is 0.529. The highest BCUT2D eigenvalue weighted by atomic mass is 35.5. The summed E-state index contributed by atoms with van der Waals surface area (Å²) in [5.41, 5.74) is 6.09. The molecule has 2 amide bonds. The van der Waals surface area contributed by atoms with E-state index in [1.807, 2.05) is 6.92 Å². The first-order valence-corrected chi connectivity index (χ1v) is 8.19. The van der Waals surface area contributed by atoms with Gasteiger partial charge in [-0.15, -0.1) is 12.4 Å². The molecule has 0 aromatic heterocycles. The van der Waals surface area contributed by atoms with Gasteiger partial charge in [0.1, 0.15) is 18.4 Å². The van der Waals surface area contributed by atoms with E-state index in [4.69, 9.17) is 10.5 Å².